The number of allylic oxidation sites excluding steroid dienone is 2. The molecule has 1 saturated carbocycles. The summed E-state index contributed by atoms with van der Waals surface area (Å²) >= 11 is 0. The van der Waals surface area contributed by atoms with E-state index in [2.05, 4.69) is 12.1 Å². The molecule has 0 bridgehead atoms. The fraction of sp³-hybridized carbons (Fsp3) is 0.744. The molecule has 13 heteroatoms. The third kappa shape index (κ3) is 23.3. The second-order valence-electron chi connectivity index (χ2n) is 12.8. The Morgan fingerprint density at radius 2 is 1.33 bits per heavy atom. The molecule has 0 spiro atoms. The van der Waals surface area contributed by atoms with E-state index in [0.717, 1.165) is 6.42 Å². The Bertz CT molecular complexity index is 1040. The molecule has 0 saturated heterocycles. The van der Waals surface area contributed by atoms with E-state index in [0.29, 0.717) is 131 Å². The average Bonchev–Trinajstić information content (AvgIpc) is 3.42. The van der Waals surface area contributed by atoms with Crippen LogP contribution < -0.4 is 0 Å². The molecule has 1 aliphatic carbocycles. The van der Waals surface area contributed by atoms with Gasteiger partial charge in [0.15, 0.2) is 0 Å². The Hall–Kier alpha value is -2.46. The van der Waals surface area contributed by atoms with E-state index in [4.69, 9.17) is 43.0 Å². The lowest BCUT2D eigenvalue weighted by Gasteiger charge is -2.25. The summed E-state index contributed by atoms with van der Waals surface area (Å²) in [5.74, 6) is -0.727. The molecule has 52 heavy (non-hydrogen) atoms. The third-order valence-electron chi connectivity index (χ3n) is 8.67. The molecule has 1 aromatic carbocycles. The number of aliphatic hydroxyl groups is 3. The second kappa shape index (κ2) is 30.9. The van der Waals surface area contributed by atoms with Crippen molar-refractivity contribution in [3.05, 3.63) is 48.0 Å². The highest BCUT2D eigenvalue weighted by Crippen LogP contribution is 2.40. The first-order valence-electron chi connectivity index (χ1n) is 18.9. The third-order valence-corrected chi connectivity index (χ3v) is 8.67. The number of carbonyl (C=O) groups excluding carboxylic acids is 2. The van der Waals surface area contributed by atoms with Crippen molar-refractivity contribution in [2.75, 3.05) is 92.5 Å². The summed E-state index contributed by atoms with van der Waals surface area (Å²) in [4.78, 5) is 23.8. The first kappa shape index (κ1) is 45.7. The van der Waals surface area contributed by atoms with Crippen LogP contribution >= 0.6 is 0 Å². The highest BCUT2D eigenvalue weighted by Gasteiger charge is 2.43. The molecule has 5 atom stereocenters. The van der Waals surface area contributed by atoms with Crippen LogP contribution in [0, 0.1) is 11.8 Å². The fourth-order valence-electron chi connectivity index (χ4n) is 6.03. The minimum Gasteiger partial charge on any atom is -0.463 e. The zero-order valence-corrected chi connectivity index (χ0v) is 31.1. The summed E-state index contributed by atoms with van der Waals surface area (Å²) in [5.41, 5.74) is 1.19. The molecule has 0 unspecified atom stereocenters. The topological polar surface area (TPSA) is 169 Å². The monoisotopic (exact) mass is 740 g/mol. The zero-order valence-electron chi connectivity index (χ0n) is 31.1. The van der Waals surface area contributed by atoms with Crippen LogP contribution in [0.25, 0.3) is 0 Å². The predicted molar refractivity (Wildman–Crippen MR) is 194 cm³/mol. The minimum atomic E-state index is -0.584. The van der Waals surface area contributed by atoms with Crippen molar-refractivity contribution in [3.8, 4) is 0 Å². The van der Waals surface area contributed by atoms with Gasteiger partial charge in [0.05, 0.1) is 98.1 Å². The van der Waals surface area contributed by atoms with E-state index in [-0.39, 0.29) is 43.1 Å². The van der Waals surface area contributed by atoms with Crippen LogP contribution in [0.5, 0.6) is 0 Å². The van der Waals surface area contributed by atoms with Crippen LogP contribution in [0.15, 0.2) is 42.5 Å². The molecule has 1 fully saturated rings. The summed E-state index contributed by atoms with van der Waals surface area (Å²) < 4.78 is 43.0. The number of benzene rings is 1. The number of unbranched alkanes of at least 4 members (excludes halogenated alkanes) is 1. The van der Waals surface area contributed by atoms with Crippen LogP contribution in [0.1, 0.15) is 63.9 Å². The molecule has 3 N–H and O–H groups in total. The molecule has 0 radical (unpaired) electrons. The average molecular weight is 741 g/mol. The maximum absolute atomic E-state index is 12.1. The van der Waals surface area contributed by atoms with Crippen LogP contribution in [0.2, 0.25) is 0 Å². The summed E-state index contributed by atoms with van der Waals surface area (Å²) in [5, 5.41) is 30.0. The summed E-state index contributed by atoms with van der Waals surface area (Å²) in [7, 11) is 0. The van der Waals surface area contributed by atoms with Gasteiger partial charge in [0, 0.05) is 25.7 Å². The lowest BCUT2D eigenvalue weighted by Crippen LogP contribution is -2.26. The first-order chi connectivity index (χ1) is 25.4. The number of carbonyl (C=O) groups is 2. The van der Waals surface area contributed by atoms with Crippen molar-refractivity contribution in [1.82, 2.24) is 0 Å². The normalized spacial score (nSPS) is 19.3. The van der Waals surface area contributed by atoms with Gasteiger partial charge in [-0.25, -0.2) is 0 Å². The Kier molecular flexibility index (Phi) is 27.2. The molecule has 2 rings (SSSR count). The Morgan fingerprint density at radius 3 is 1.88 bits per heavy atom. The number of hydrogen-bond donors (Lipinski definition) is 3. The smallest absolute Gasteiger partial charge is 0.305 e. The van der Waals surface area contributed by atoms with Gasteiger partial charge < -0.3 is 53.2 Å². The van der Waals surface area contributed by atoms with E-state index in [1.54, 1.807) is 0 Å². The number of hydrogen-bond acceptors (Lipinski definition) is 13. The zero-order chi connectivity index (χ0) is 37.5. The van der Waals surface area contributed by atoms with Gasteiger partial charge in [-0.05, 0) is 56.4 Å². The Balaban J connectivity index is 1.45. The fourth-order valence-corrected chi connectivity index (χ4v) is 6.03. The summed E-state index contributed by atoms with van der Waals surface area (Å²) in [6.45, 7) is 6.71. The first-order valence-corrected chi connectivity index (χ1v) is 18.9. The molecule has 0 aliphatic heterocycles. The largest absolute Gasteiger partial charge is 0.463 e. The molecular formula is C39H64O13. The molecule has 1 aliphatic rings. The van der Waals surface area contributed by atoms with Crippen LogP contribution in [0.3, 0.4) is 0 Å². The van der Waals surface area contributed by atoms with Gasteiger partial charge in [-0.15, -0.1) is 0 Å². The second-order valence-corrected chi connectivity index (χ2v) is 12.8. The predicted octanol–water partition coefficient (Wildman–Crippen LogP) is 3.44. The van der Waals surface area contributed by atoms with Gasteiger partial charge in [-0.3, -0.25) is 9.59 Å². The van der Waals surface area contributed by atoms with Crippen molar-refractivity contribution >= 4 is 11.9 Å². The maximum atomic E-state index is 12.1. The van der Waals surface area contributed by atoms with Gasteiger partial charge in [0.1, 0.15) is 12.7 Å². The Labute approximate surface area is 309 Å². The summed E-state index contributed by atoms with van der Waals surface area (Å²) in [6.07, 6.45) is 8.07. The van der Waals surface area contributed by atoms with Crippen molar-refractivity contribution in [1.29, 1.82) is 0 Å². The van der Waals surface area contributed by atoms with E-state index in [1.165, 1.54) is 12.5 Å². The number of aryl methyl sites for hydroxylation is 1. The van der Waals surface area contributed by atoms with Crippen molar-refractivity contribution in [2.45, 2.75) is 83.0 Å². The SMILES string of the molecule is CC(=O)O[C@H]1C[C@@H](O)[C@H](CC[C@@H](O)CCc2ccccc2)[C@H]1C/C=C\CCCC(=O)OCCOCCOCCOCCOCCOCCOCCO. The number of aliphatic hydroxyl groups excluding tert-OH is 3. The highest BCUT2D eigenvalue weighted by atomic mass is 16.6. The van der Waals surface area contributed by atoms with Gasteiger partial charge in [0.25, 0.3) is 0 Å². The van der Waals surface area contributed by atoms with E-state index < -0.39 is 12.2 Å². The quantitative estimate of drug-likeness (QED) is 0.0545. The van der Waals surface area contributed by atoms with Gasteiger partial charge in [0.2, 0.25) is 0 Å². The highest BCUT2D eigenvalue weighted by molar-refractivity contribution is 5.69. The van der Waals surface area contributed by atoms with E-state index in [9.17, 15) is 19.8 Å². The van der Waals surface area contributed by atoms with Gasteiger partial charge >= 0.3 is 11.9 Å². The molecule has 13 nitrogen and oxygen atoms in total. The molecule has 1 aromatic rings. The summed E-state index contributed by atoms with van der Waals surface area (Å²) in [6, 6.07) is 10.1. The van der Waals surface area contributed by atoms with Crippen molar-refractivity contribution in [3.63, 3.8) is 0 Å². The van der Waals surface area contributed by atoms with Gasteiger partial charge in [-0.2, -0.15) is 0 Å². The standard InChI is InChI=1S/C39H64O13/c1-32(41)52-38-31-37(43)35(16-15-34(42)14-13-33-9-5-4-6-10-33)36(38)11-7-2-3-8-12-39(44)51-30-29-50-28-27-49-26-25-48-24-23-47-22-21-46-20-19-45-18-17-40/h2,4-7,9-10,34-38,40,42-43H,3,8,11-31H2,1H3/b7-2-/t34-,35+,36+,37+,38-/m0/s1. The Morgan fingerprint density at radius 1 is 0.769 bits per heavy atom. The van der Waals surface area contributed by atoms with Crippen LogP contribution in [0.4, 0.5) is 0 Å². The number of rotatable bonds is 33. The van der Waals surface area contributed by atoms with E-state index >= 15 is 0 Å². The lowest BCUT2D eigenvalue weighted by atomic mass is 9.85. The number of ether oxygens (including phenoxy) is 8. The van der Waals surface area contributed by atoms with Crippen LogP contribution in [-0.2, 0) is 53.9 Å². The lowest BCUT2D eigenvalue weighted by molar-refractivity contribution is -0.148. The molecular weight excluding hydrogens is 676 g/mol. The van der Waals surface area contributed by atoms with Crippen molar-refractivity contribution in [2.24, 2.45) is 11.8 Å². The molecule has 0 heterocycles. The molecule has 0 aromatic heterocycles. The van der Waals surface area contributed by atoms with E-state index in [1.807, 2.05) is 30.4 Å². The molecule has 0 amide bonds. The van der Waals surface area contributed by atoms with Crippen LogP contribution in [-0.4, -0.2) is 138 Å². The minimum absolute atomic E-state index is 0.00985. The maximum Gasteiger partial charge on any atom is 0.305 e. The number of esters is 2. The molecule has 298 valence electrons. The van der Waals surface area contributed by atoms with Gasteiger partial charge in [-0.1, -0.05) is 42.5 Å². The van der Waals surface area contributed by atoms with Crippen molar-refractivity contribution < 1.29 is 62.8 Å².